The Bertz CT molecular complexity index is 668. The van der Waals surface area contributed by atoms with Gasteiger partial charge in [0.05, 0.1) is 0 Å². The Morgan fingerprint density at radius 2 is 1.40 bits per heavy atom. The van der Waals surface area contributed by atoms with Gasteiger partial charge in [-0.25, -0.2) is 0 Å². The van der Waals surface area contributed by atoms with Gasteiger partial charge in [-0.2, -0.15) is 0 Å². The molecule has 0 aliphatic carbocycles. The maximum Gasteiger partial charge on any atom is 0.303 e. The fraction of sp³-hybridized carbons (Fsp3) is 0.300. The normalized spacial score (nSPS) is 11.1. The molecule has 0 fully saturated rings. The third-order valence-electron chi connectivity index (χ3n) is 3.62. The molecule has 0 amide bonds. The summed E-state index contributed by atoms with van der Waals surface area (Å²) in [5.74, 6) is -1.52. The highest BCUT2D eigenvalue weighted by molar-refractivity contribution is 5.67. The second kappa shape index (κ2) is 11.0. The highest BCUT2D eigenvalue weighted by atomic mass is 16.4. The second-order valence-electron chi connectivity index (χ2n) is 5.76. The molecule has 0 aliphatic rings. The molecule has 0 saturated heterocycles. The van der Waals surface area contributed by atoms with Crippen molar-refractivity contribution < 1.29 is 19.8 Å². The lowest BCUT2D eigenvalue weighted by molar-refractivity contribution is -0.138. The van der Waals surface area contributed by atoms with Crippen molar-refractivity contribution in [3.05, 3.63) is 71.3 Å². The number of aliphatic carboxylic acids is 2. The van der Waals surface area contributed by atoms with Crippen molar-refractivity contribution in [2.75, 3.05) is 0 Å². The van der Waals surface area contributed by atoms with E-state index in [1.807, 2.05) is 61.5 Å². The van der Waals surface area contributed by atoms with Crippen LogP contribution < -0.4 is 5.73 Å². The first-order valence-electron chi connectivity index (χ1n) is 8.21. The Balaban J connectivity index is 0.000000257. The van der Waals surface area contributed by atoms with Gasteiger partial charge < -0.3 is 15.9 Å². The summed E-state index contributed by atoms with van der Waals surface area (Å²) in [5.41, 5.74) is 8.92. The molecular weight excluding hydrogens is 318 g/mol. The van der Waals surface area contributed by atoms with Crippen molar-refractivity contribution in [2.24, 2.45) is 5.73 Å². The van der Waals surface area contributed by atoms with Crippen LogP contribution in [0.3, 0.4) is 0 Å². The average molecular weight is 343 g/mol. The van der Waals surface area contributed by atoms with Crippen LogP contribution in [0.1, 0.15) is 42.5 Å². The Kier molecular flexibility index (Phi) is 8.96. The standard InChI is InChI=1S/C11H15NO2.C9H10O2/c1-8(12)10-5-3-2-4-9(10)6-7-11(13)14;10-9(11)7-6-8-4-2-1-3-5-8/h2-5,8H,6-7,12H2,1H3,(H,13,14);1-5H,6-7H2,(H,10,11). The molecule has 25 heavy (non-hydrogen) atoms. The Hall–Kier alpha value is -2.66. The van der Waals surface area contributed by atoms with Gasteiger partial charge in [0.25, 0.3) is 0 Å². The van der Waals surface area contributed by atoms with Gasteiger partial charge in [0.2, 0.25) is 0 Å². The predicted octanol–water partition coefficient (Wildman–Crippen LogP) is 3.43. The summed E-state index contributed by atoms with van der Waals surface area (Å²) in [6.45, 7) is 1.90. The lowest BCUT2D eigenvalue weighted by Crippen LogP contribution is -2.09. The summed E-state index contributed by atoms with van der Waals surface area (Å²) < 4.78 is 0. The molecule has 5 nitrogen and oxygen atoms in total. The summed E-state index contributed by atoms with van der Waals surface area (Å²) in [6, 6.07) is 17.3. The van der Waals surface area contributed by atoms with Crippen LogP contribution in [0.25, 0.3) is 0 Å². The topological polar surface area (TPSA) is 101 Å². The van der Waals surface area contributed by atoms with E-state index in [-0.39, 0.29) is 18.9 Å². The van der Waals surface area contributed by atoms with E-state index in [4.69, 9.17) is 15.9 Å². The van der Waals surface area contributed by atoms with Gasteiger partial charge in [-0.05, 0) is 36.5 Å². The van der Waals surface area contributed by atoms with Crippen LogP contribution >= 0.6 is 0 Å². The molecule has 134 valence electrons. The summed E-state index contributed by atoms with van der Waals surface area (Å²) in [4.78, 5) is 20.6. The molecule has 1 atom stereocenters. The lowest BCUT2D eigenvalue weighted by Gasteiger charge is -2.11. The third-order valence-corrected chi connectivity index (χ3v) is 3.62. The molecule has 5 heteroatoms. The van der Waals surface area contributed by atoms with Crippen molar-refractivity contribution in [1.29, 1.82) is 0 Å². The van der Waals surface area contributed by atoms with E-state index >= 15 is 0 Å². The van der Waals surface area contributed by atoms with Crippen LogP contribution in [0.15, 0.2) is 54.6 Å². The maximum absolute atomic E-state index is 10.4. The minimum absolute atomic E-state index is 0.0417. The molecule has 0 spiro atoms. The first-order chi connectivity index (χ1) is 11.9. The number of benzene rings is 2. The van der Waals surface area contributed by atoms with E-state index in [1.165, 1.54) is 0 Å². The first kappa shape index (κ1) is 20.4. The van der Waals surface area contributed by atoms with Crippen molar-refractivity contribution in [3.8, 4) is 0 Å². The molecule has 4 N–H and O–H groups in total. The van der Waals surface area contributed by atoms with E-state index < -0.39 is 11.9 Å². The lowest BCUT2D eigenvalue weighted by atomic mass is 9.98. The van der Waals surface area contributed by atoms with Gasteiger partial charge >= 0.3 is 11.9 Å². The molecule has 0 bridgehead atoms. The van der Waals surface area contributed by atoms with E-state index in [0.29, 0.717) is 12.8 Å². The van der Waals surface area contributed by atoms with E-state index in [2.05, 4.69) is 0 Å². The molecule has 0 saturated carbocycles. The van der Waals surface area contributed by atoms with Gasteiger partial charge in [0, 0.05) is 18.9 Å². The molecule has 0 radical (unpaired) electrons. The molecular formula is C20H25NO4. The fourth-order valence-corrected chi connectivity index (χ4v) is 2.34. The molecule has 0 aromatic heterocycles. The number of hydrogen-bond donors (Lipinski definition) is 3. The highest BCUT2D eigenvalue weighted by Gasteiger charge is 2.07. The molecule has 0 heterocycles. The summed E-state index contributed by atoms with van der Waals surface area (Å²) in [6.07, 6.45) is 1.54. The first-order valence-corrected chi connectivity index (χ1v) is 8.21. The largest absolute Gasteiger partial charge is 0.481 e. The smallest absolute Gasteiger partial charge is 0.303 e. The number of hydrogen-bond acceptors (Lipinski definition) is 3. The van der Waals surface area contributed by atoms with Crippen molar-refractivity contribution >= 4 is 11.9 Å². The van der Waals surface area contributed by atoms with Gasteiger partial charge in [-0.3, -0.25) is 9.59 Å². The number of carbonyl (C=O) groups is 2. The zero-order chi connectivity index (χ0) is 18.7. The summed E-state index contributed by atoms with van der Waals surface area (Å²) >= 11 is 0. The van der Waals surface area contributed by atoms with Crippen LogP contribution in [-0.2, 0) is 22.4 Å². The Morgan fingerprint density at radius 1 is 0.880 bits per heavy atom. The minimum Gasteiger partial charge on any atom is -0.481 e. The number of carboxylic acid groups (broad SMARTS) is 2. The van der Waals surface area contributed by atoms with Gasteiger partial charge in [-0.15, -0.1) is 0 Å². The highest BCUT2D eigenvalue weighted by Crippen LogP contribution is 2.16. The molecule has 2 rings (SSSR count). The summed E-state index contributed by atoms with van der Waals surface area (Å²) in [7, 11) is 0. The SMILES string of the molecule is CC(N)c1ccccc1CCC(=O)O.O=C(O)CCc1ccccc1. The third kappa shape index (κ3) is 8.67. The number of rotatable bonds is 7. The van der Waals surface area contributed by atoms with Gasteiger partial charge in [-0.1, -0.05) is 54.6 Å². The Morgan fingerprint density at radius 3 is 1.96 bits per heavy atom. The summed E-state index contributed by atoms with van der Waals surface area (Å²) in [5, 5.41) is 16.9. The predicted molar refractivity (Wildman–Crippen MR) is 97.4 cm³/mol. The minimum atomic E-state index is -0.774. The second-order valence-corrected chi connectivity index (χ2v) is 5.76. The van der Waals surface area contributed by atoms with Gasteiger partial charge in [0.15, 0.2) is 0 Å². The van der Waals surface area contributed by atoms with Crippen molar-refractivity contribution in [2.45, 2.75) is 38.6 Å². The zero-order valence-corrected chi connectivity index (χ0v) is 14.4. The van der Waals surface area contributed by atoms with Crippen molar-refractivity contribution in [1.82, 2.24) is 0 Å². The number of carboxylic acids is 2. The van der Waals surface area contributed by atoms with Crippen LogP contribution in [-0.4, -0.2) is 22.2 Å². The number of aryl methyl sites for hydroxylation is 2. The van der Waals surface area contributed by atoms with E-state index in [1.54, 1.807) is 0 Å². The van der Waals surface area contributed by atoms with Crippen LogP contribution in [0.4, 0.5) is 0 Å². The van der Waals surface area contributed by atoms with Crippen LogP contribution in [0, 0.1) is 0 Å². The van der Waals surface area contributed by atoms with E-state index in [0.717, 1.165) is 16.7 Å². The number of nitrogens with two attached hydrogens (primary N) is 1. The quantitative estimate of drug-likeness (QED) is 0.715. The molecule has 2 aromatic rings. The monoisotopic (exact) mass is 343 g/mol. The molecule has 2 aromatic carbocycles. The molecule has 1 unspecified atom stereocenters. The van der Waals surface area contributed by atoms with Gasteiger partial charge in [0.1, 0.15) is 0 Å². The van der Waals surface area contributed by atoms with E-state index in [9.17, 15) is 9.59 Å². The average Bonchev–Trinajstić information content (AvgIpc) is 2.60. The van der Waals surface area contributed by atoms with Crippen molar-refractivity contribution in [3.63, 3.8) is 0 Å². The Labute approximate surface area is 148 Å². The van der Waals surface area contributed by atoms with Crippen LogP contribution in [0.2, 0.25) is 0 Å². The molecule has 0 aliphatic heterocycles. The maximum atomic E-state index is 10.4. The van der Waals surface area contributed by atoms with Crippen LogP contribution in [0.5, 0.6) is 0 Å². The zero-order valence-electron chi connectivity index (χ0n) is 14.4. The fourth-order valence-electron chi connectivity index (χ4n) is 2.34.